The van der Waals surface area contributed by atoms with Gasteiger partial charge >= 0.3 is 0 Å². The third kappa shape index (κ3) is 3.18. The van der Waals surface area contributed by atoms with Crippen LogP contribution in [0.1, 0.15) is 43.0 Å². The van der Waals surface area contributed by atoms with Crippen molar-refractivity contribution in [2.24, 2.45) is 17.6 Å². The largest absolute Gasteiger partial charge is 0.329 e. The molecule has 2 atom stereocenters. The second-order valence-corrected chi connectivity index (χ2v) is 6.40. The molecule has 2 unspecified atom stereocenters. The second kappa shape index (κ2) is 6.06. The molecule has 2 rings (SSSR count). The maximum atomic E-state index is 6.07. The van der Waals surface area contributed by atoms with Gasteiger partial charge in [-0.2, -0.15) is 0 Å². The Bertz CT molecular complexity index is 425. The molecular formula is C17H28N2. The molecule has 2 heteroatoms. The summed E-state index contributed by atoms with van der Waals surface area (Å²) in [7, 11) is 0. The summed E-state index contributed by atoms with van der Waals surface area (Å²) in [5, 5.41) is 0. The average Bonchev–Trinajstić information content (AvgIpc) is 2.82. The Hall–Kier alpha value is -0.860. The number of rotatable bonds is 4. The highest BCUT2D eigenvalue weighted by Gasteiger charge is 2.30. The van der Waals surface area contributed by atoms with Gasteiger partial charge in [-0.1, -0.05) is 37.6 Å². The quantitative estimate of drug-likeness (QED) is 0.900. The van der Waals surface area contributed by atoms with Crippen LogP contribution in [0.3, 0.4) is 0 Å². The first-order valence-electron chi connectivity index (χ1n) is 7.54. The van der Waals surface area contributed by atoms with Crippen LogP contribution in [-0.2, 0) is 0 Å². The lowest BCUT2D eigenvalue weighted by molar-refractivity contribution is 0.231. The van der Waals surface area contributed by atoms with E-state index in [0.29, 0.717) is 12.6 Å². The van der Waals surface area contributed by atoms with E-state index in [9.17, 15) is 0 Å². The molecule has 0 aliphatic carbocycles. The molecule has 0 bridgehead atoms. The summed E-state index contributed by atoms with van der Waals surface area (Å²) >= 11 is 0. The zero-order chi connectivity index (χ0) is 14.0. The molecule has 1 aliphatic rings. The first-order valence-corrected chi connectivity index (χ1v) is 7.54. The molecule has 1 aromatic rings. The highest BCUT2D eigenvalue weighted by Crippen LogP contribution is 2.31. The van der Waals surface area contributed by atoms with E-state index >= 15 is 0 Å². The Morgan fingerprint density at radius 1 is 1.32 bits per heavy atom. The van der Waals surface area contributed by atoms with Crippen molar-refractivity contribution in [2.75, 3.05) is 19.6 Å². The molecule has 0 radical (unpaired) electrons. The van der Waals surface area contributed by atoms with Crippen LogP contribution in [-0.4, -0.2) is 24.5 Å². The molecule has 1 fully saturated rings. The van der Waals surface area contributed by atoms with Gasteiger partial charge in [0.05, 0.1) is 0 Å². The lowest BCUT2D eigenvalue weighted by atomic mass is 9.95. The maximum Gasteiger partial charge on any atom is 0.0473 e. The molecule has 106 valence electrons. The fourth-order valence-corrected chi connectivity index (χ4v) is 3.31. The predicted molar refractivity (Wildman–Crippen MR) is 82.2 cm³/mol. The minimum absolute atomic E-state index is 0.393. The molecule has 1 heterocycles. The number of likely N-dealkylation sites (tertiary alicyclic amines) is 1. The first-order chi connectivity index (χ1) is 9.02. The predicted octanol–water partition coefficient (Wildman–Crippen LogP) is 3.28. The Balaban J connectivity index is 2.16. The molecule has 19 heavy (non-hydrogen) atoms. The van der Waals surface area contributed by atoms with Crippen LogP contribution in [0.25, 0.3) is 0 Å². The normalized spacial score (nSPS) is 22.1. The molecule has 0 amide bonds. The monoisotopic (exact) mass is 260 g/mol. The Labute approximate surface area is 118 Å². The van der Waals surface area contributed by atoms with Gasteiger partial charge in [0.2, 0.25) is 0 Å². The summed E-state index contributed by atoms with van der Waals surface area (Å²) in [6.07, 6.45) is 1.32. The number of benzene rings is 1. The van der Waals surface area contributed by atoms with Crippen LogP contribution in [0.15, 0.2) is 18.2 Å². The van der Waals surface area contributed by atoms with E-state index in [1.54, 1.807) is 0 Å². The summed E-state index contributed by atoms with van der Waals surface area (Å²) in [6.45, 7) is 12.1. The molecule has 0 aromatic heterocycles. The number of hydrogen-bond acceptors (Lipinski definition) is 2. The van der Waals surface area contributed by atoms with Crippen LogP contribution >= 0.6 is 0 Å². The zero-order valence-electron chi connectivity index (χ0n) is 12.8. The Morgan fingerprint density at radius 3 is 2.58 bits per heavy atom. The van der Waals surface area contributed by atoms with Gasteiger partial charge in [-0.3, -0.25) is 4.90 Å². The number of nitrogens with two attached hydrogens (primary N) is 1. The van der Waals surface area contributed by atoms with Crippen molar-refractivity contribution in [1.82, 2.24) is 4.90 Å². The number of nitrogens with zero attached hydrogens (tertiary/aromatic N) is 1. The molecule has 2 nitrogen and oxygen atoms in total. The van der Waals surface area contributed by atoms with E-state index in [0.717, 1.165) is 11.8 Å². The van der Waals surface area contributed by atoms with Crippen LogP contribution in [0, 0.1) is 25.7 Å². The van der Waals surface area contributed by atoms with Gasteiger partial charge in [0, 0.05) is 19.1 Å². The van der Waals surface area contributed by atoms with Crippen molar-refractivity contribution < 1.29 is 0 Å². The SMILES string of the molecule is Cc1ccc(C(CN)N2CCC(C(C)C)C2)c(C)c1. The highest BCUT2D eigenvalue weighted by molar-refractivity contribution is 5.33. The molecule has 1 saturated heterocycles. The van der Waals surface area contributed by atoms with Crippen molar-refractivity contribution in [3.63, 3.8) is 0 Å². The van der Waals surface area contributed by atoms with Crippen molar-refractivity contribution in [3.8, 4) is 0 Å². The summed E-state index contributed by atoms with van der Waals surface area (Å²) in [4.78, 5) is 2.59. The van der Waals surface area contributed by atoms with E-state index in [4.69, 9.17) is 5.73 Å². The van der Waals surface area contributed by atoms with Gasteiger partial charge in [-0.25, -0.2) is 0 Å². The summed E-state index contributed by atoms with van der Waals surface area (Å²) in [5.41, 5.74) is 10.2. The van der Waals surface area contributed by atoms with E-state index in [-0.39, 0.29) is 0 Å². The average molecular weight is 260 g/mol. The standard InChI is InChI=1S/C17H28N2/c1-12(2)15-7-8-19(11-15)17(10-18)16-6-5-13(3)9-14(16)4/h5-6,9,12,15,17H,7-8,10-11,18H2,1-4H3. The molecule has 0 saturated carbocycles. The van der Waals surface area contributed by atoms with Crippen LogP contribution in [0.5, 0.6) is 0 Å². The lowest BCUT2D eigenvalue weighted by Gasteiger charge is -2.29. The summed E-state index contributed by atoms with van der Waals surface area (Å²) < 4.78 is 0. The molecule has 1 aliphatic heterocycles. The Kier molecular flexibility index (Phi) is 4.64. The number of hydrogen-bond donors (Lipinski definition) is 1. The molecule has 0 spiro atoms. The van der Waals surface area contributed by atoms with E-state index in [1.807, 2.05) is 0 Å². The molecule has 1 aromatic carbocycles. The zero-order valence-corrected chi connectivity index (χ0v) is 12.8. The molecular weight excluding hydrogens is 232 g/mol. The van der Waals surface area contributed by atoms with Crippen LogP contribution in [0.4, 0.5) is 0 Å². The molecule has 2 N–H and O–H groups in total. The third-order valence-electron chi connectivity index (χ3n) is 4.65. The van der Waals surface area contributed by atoms with Gasteiger partial charge in [-0.05, 0) is 49.8 Å². The second-order valence-electron chi connectivity index (χ2n) is 6.40. The van der Waals surface area contributed by atoms with Gasteiger partial charge in [0.15, 0.2) is 0 Å². The first kappa shape index (κ1) is 14.5. The third-order valence-corrected chi connectivity index (χ3v) is 4.65. The van der Waals surface area contributed by atoms with Gasteiger partial charge in [0.1, 0.15) is 0 Å². The fraction of sp³-hybridized carbons (Fsp3) is 0.647. The van der Waals surface area contributed by atoms with Crippen molar-refractivity contribution in [2.45, 2.75) is 40.2 Å². The lowest BCUT2D eigenvalue weighted by Crippen LogP contribution is -2.33. The number of aryl methyl sites for hydroxylation is 2. The minimum Gasteiger partial charge on any atom is -0.329 e. The van der Waals surface area contributed by atoms with Crippen LogP contribution < -0.4 is 5.73 Å². The van der Waals surface area contributed by atoms with Crippen molar-refractivity contribution >= 4 is 0 Å². The van der Waals surface area contributed by atoms with Gasteiger partial charge in [-0.15, -0.1) is 0 Å². The smallest absolute Gasteiger partial charge is 0.0473 e. The summed E-state index contributed by atoms with van der Waals surface area (Å²) in [6, 6.07) is 7.14. The van der Waals surface area contributed by atoms with Crippen LogP contribution in [0.2, 0.25) is 0 Å². The minimum atomic E-state index is 0.393. The van der Waals surface area contributed by atoms with Crippen molar-refractivity contribution in [1.29, 1.82) is 0 Å². The topological polar surface area (TPSA) is 29.3 Å². The van der Waals surface area contributed by atoms with E-state index in [2.05, 4.69) is 50.8 Å². The summed E-state index contributed by atoms with van der Waals surface area (Å²) in [5.74, 6) is 1.61. The van der Waals surface area contributed by atoms with E-state index < -0.39 is 0 Å². The highest BCUT2D eigenvalue weighted by atomic mass is 15.2. The maximum absolute atomic E-state index is 6.07. The van der Waals surface area contributed by atoms with Gasteiger partial charge < -0.3 is 5.73 Å². The van der Waals surface area contributed by atoms with Crippen molar-refractivity contribution in [3.05, 3.63) is 34.9 Å². The Morgan fingerprint density at radius 2 is 2.05 bits per heavy atom. The fourth-order valence-electron chi connectivity index (χ4n) is 3.31. The van der Waals surface area contributed by atoms with Gasteiger partial charge in [0.25, 0.3) is 0 Å². The van der Waals surface area contributed by atoms with E-state index in [1.165, 1.54) is 36.2 Å².